The third kappa shape index (κ3) is 4.12. The van der Waals surface area contributed by atoms with Crippen molar-refractivity contribution in [2.24, 2.45) is 0 Å². The molecule has 1 fully saturated rings. The van der Waals surface area contributed by atoms with Crippen molar-refractivity contribution in [3.8, 4) is 17.2 Å². The topological polar surface area (TPSA) is 103 Å². The van der Waals surface area contributed by atoms with Crippen LogP contribution in [0.25, 0.3) is 17.2 Å². The second-order valence-corrected chi connectivity index (χ2v) is 7.16. The molecule has 3 aromatic heterocycles. The van der Waals surface area contributed by atoms with Crippen molar-refractivity contribution in [2.45, 2.75) is 25.8 Å². The Bertz CT molecular complexity index is 927. The maximum atomic E-state index is 5.45. The van der Waals surface area contributed by atoms with E-state index >= 15 is 0 Å². The van der Waals surface area contributed by atoms with Crippen molar-refractivity contribution in [1.82, 2.24) is 29.7 Å². The molecule has 0 atom stereocenters. The van der Waals surface area contributed by atoms with Crippen molar-refractivity contribution in [3.63, 3.8) is 0 Å². The van der Waals surface area contributed by atoms with Crippen LogP contribution in [0.2, 0.25) is 0 Å². The fourth-order valence-corrected chi connectivity index (χ4v) is 3.41. The molecule has 0 aromatic carbocycles. The summed E-state index contributed by atoms with van der Waals surface area (Å²) in [4.78, 5) is 17.5. The Morgan fingerprint density at radius 1 is 1.25 bits per heavy atom. The molecule has 1 aliphatic heterocycles. The monoisotopic (exact) mass is 444 g/mol. The van der Waals surface area contributed by atoms with E-state index in [0.29, 0.717) is 12.0 Å². The van der Waals surface area contributed by atoms with Gasteiger partial charge in [-0.15, -0.1) is 0 Å². The molecule has 10 heteroatoms. The first-order valence-electron chi connectivity index (χ1n) is 9.21. The number of halogens is 1. The molecule has 0 aliphatic carbocycles. The zero-order valence-electron chi connectivity index (χ0n) is 15.5. The first-order valence-corrected chi connectivity index (χ1v) is 10.0. The van der Waals surface area contributed by atoms with E-state index in [-0.39, 0.29) is 0 Å². The van der Waals surface area contributed by atoms with Gasteiger partial charge in [0.25, 0.3) is 5.95 Å². The van der Waals surface area contributed by atoms with Crippen LogP contribution in [0.15, 0.2) is 35.5 Å². The number of ether oxygens (including phenoxy) is 1. The van der Waals surface area contributed by atoms with Gasteiger partial charge in [-0.3, -0.25) is 0 Å². The lowest BCUT2D eigenvalue weighted by Gasteiger charge is -2.24. The average Bonchev–Trinajstić information content (AvgIpc) is 3.23. The van der Waals surface area contributed by atoms with Crippen LogP contribution in [0.3, 0.4) is 0 Å². The van der Waals surface area contributed by atoms with Gasteiger partial charge in [-0.05, 0) is 41.8 Å². The second kappa shape index (κ2) is 8.61. The van der Waals surface area contributed by atoms with E-state index in [1.165, 1.54) is 6.33 Å². The molecule has 3 aromatic rings. The standard InChI is InChI=1S/C18H21BrN8O/c1-2-21-16-15(19)17(24-13-4-7-28-8-5-13)26-18(25-16)27-10-12(9-23-27)14-3-6-20-11-22-14/h3,6,9-11,13H,2,4-5,7-8H2,1H3,(H2,21,24,25,26). The van der Waals surface area contributed by atoms with E-state index < -0.39 is 0 Å². The quantitative estimate of drug-likeness (QED) is 0.597. The van der Waals surface area contributed by atoms with Crippen molar-refractivity contribution in [2.75, 3.05) is 30.4 Å². The minimum Gasteiger partial charge on any atom is -0.381 e. The maximum Gasteiger partial charge on any atom is 0.254 e. The Kier molecular flexibility index (Phi) is 5.77. The van der Waals surface area contributed by atoms with E-state index in [1.807, 2.05) is 19.2 Å². The van der Waals surface area contributed by atoms with Crippen LogP contribution >= 0.6 is 15.9 Å². The van der Waals surface area contributed by atoms with E-state index in [2.05, 4.69) is 46.6 Å². The molecule has 4 rings (SSSR count). The number of nitrogens with one attached hydrogen (secondary N) is 2. The van der Waals surface area contributed by atoms with Gasteiger partial charge < -0.3 is 15.4 Å². The van der Waals surface area contributed by atoms with E-state index in [4.69, 9.17) is 9.72 Å². The van der Waals surface area contributed by atoms with Gasteiger partial charge in [-0.25, -0.2) is 14.6 Å². The lowest BCUT2D eigenvalue weighted by Crippen LogP contribution is -2.28. The summed E-state index contributed by atoms with van der Waals surface area (Å²) in [5.41, 5.74) is 1.67. The number of rotatable bonds is 6. The van der Waals surface area contributed by atoms with Crippen LogP contribution in [0.5, 0.6) is 0 Å². The van der Waals surface area contributed by atoms with Gasteiger partial charge in [-0.2, -0.15) is 15.1 Å². The van der Waals surface area contributed by atoms with E-state index in [9.17, 15) is 0 Å². The highest BCUT2D eigenvalue weighted by Gasteiger charge is 2.19. The Labute approximate surface area is 171 Å². The van der Waals surface area contributed by atoms with Gasteiger partial charge in [0.1, 0.15) is 22.4 Å². The lowest BCUT2D eigenvalue weighted by atomic mass is 10.1. The van der Waals surface area contributed by atoms with Crippen molar-refractivity contribution in [1.29, 1.82) is 0 Å². The molecule has 1 saturated heterocycles. The first kappa shape index (κ1) is 18.8. The molecule has 0 saturated carbocycles. The predicted octanol–water partition coefficient (Wildman–Crippen LogP) is 2.90. The summed E-state index contributed by atoms with van der Waals surface area (Å²) < 4.78 is 7.91. The molecule has 2 N–H and O–H groups in total. The Morgan fingerprint density at radius 2 is 2.07 bits per heavy atom. The van der Waals surface area contributed by atoms with Crippen LogP contribution < -0.4 is 10.6 Å². The van der Waals surface area contributed by atoms with Gasteiger partial charge in [0.05, 0.1) is 11.9 Å². The third-order valence-electron chi connectivity index (χ3n) is 4.41. The highest BCUT2D eigenvalue weighted by atomic mass is 79.9. The Morgan fingerprint density at radius 3 is 2.82 bits per heavy atom. The maximum absolute atomic E-state index is 5.45. The summed E-state index contributed by atoms with van der Waals surface area (Å²) in [6.07, 6.45) is 8.71. The fraction of sp³-hybridized carbons (Fsp3) is 0.389. The molecule has 0 radical (unpaired) electrons. The molecule has 9 nitrogen and oxygen atoms in total. The van der Waals surface area contributed by atoms with Crippen LogP contribution in [-0.2, 0) is 4.74 Å². The zero-order valence-corrected chi connectivity index (χ0v) is 17.1. The molecule has 0 amide bonds. The summed E-state index contributed by atoms with van der Waals surface area (Å²) >= 11 is 3.63. The smallest absolute Gasteiger partial charge is 0.254 e. The van der Waals surface area contributed by atoms with Crippen molar-refractivity contribution in [3.05, 3.63) is 35.5 Å². The molecule has 146 valence electrons. The molecule has 0 spiro atoms. The highest BCUT2D eigenvalue weighted by molar-refractivity contribution is 9.10. The largest absolute Gasteiger partial charge is 0.381 e. The second-order valence-electron chi connectivity index (χ2n) is 6.36. The number of hydrogen-bond donors (Lipinski definition) is 2. The molecule has 0 unspecified atom stereocenters. The van der Waals surface area contributed by atoms with Gasteiger partial charge in [0.15, 0.2) is 0 Å². The zero-order chi connectivity index (χ0) is 19.3. The van der Waals surface area contributed by atoms with Gasteiger partial charge >= 0.3 is 0 Å². The minimum atomic E-state index is 0.316. The number of nitrogens with zero attached hydrogens (tertiary/aromatic N) is 6. The third-order valence-corrected chi connectivity index (χ3v) is 5.16. The van der Waals surface area contributed by atoms with Crippen molar-refractivity contribution >= 4 is 27.6 Å². The molecular formula is C18H21BrN8O. The van der Waals surface area contributed by atoms with Gasteiger partial charge in [0.2, 0.25) is 0 Å². The number of hydrogen-bond acceptors (Lipinski definition) is 8. The first-order chi connectivity index (χ1) is 13.7. The fourth-order valence-electron chi connectivity index (χ4n) is 2.98. The van der Waals surface area contributed by atoms with Gasteiger partial charge in [-0.1, -0.05) is 0 Å². The molecular weight excluding hydrogens is 424 g/mol. The van der Waals surface area contributed by atoms with Gasteiger partial charge in [0, 0.05) is 43.8 Å². The molecule has 28 heavy (non-hydrogen) atoms. The van der Waals surface area contributed by atoms with Crippen LogP contribution in [0.1, 0.15) is 19.8 Å². The SMILES string of the molecule is CCNc1nc(-n2cc(-c3ccncn3)cn2)nc(NC2CCOCC2)c1Br. The number of anilines is 2. The summed E-state index contributed by atoms with van der Waals surface area (Å²) in [7, 11) is 0. The Hall–Kier alpha value is -2.59. The van der Waals surface area contributed by atoms with E-state index in [1.54, 1.807) is 17.1 Å². The lowest BCUT2D eigenvalue weighted by molar-refractivity contribution is 0.0904. The Balaban J connectivity index is 1.67. The van der Waals surface area contributed by atoms with E-state index in [0.717, 1.165) is 60.0 Å². The molecule has 0 bridgehead atoms. The predicted molar refractivity (Wildman–Crippen MR) is 110 cm³/mol. The normalized spacial score (nSPS) is 14.8. The number of aromatic nitrogens is 6. The van der Waals surface area contributed by atoms with Crippen LogP contribution in [0.4, 0.5) is 11.6 Å². The summed E-state index contributed by atoms with van der Waals surface area (Å²) in [5, 5.41) is 11.2. The molecule has 1 aliphatic rings. The summed E-state index contributed by atoms with van der Waals surface area (Å²) in [6.45, 7) is 4.29. The summed E-state index contributed by atoms with van der Waals surface area (Å²) in [5.74, 6) is 1.95. The summed E-state index contributed by atoms with van der Waals surface area (Å²) in [6, 6.07) is 2.16. The molecule has 4 heterocycles. The average molecular weight is 445 g/mol. The van der Waals surface area contributed by atoms with Crippen LogP contribution in [-0.4, -0.2) is 55.5 Å². The van der Waals surface area contributed by atoms with Crippen molar-refractivity contribution < 1.29 is 4.74 Å². The minimum absolute atomic E-state index is 0.316. The highest BCUT2D eigenvalue weighted by Crippen LogP contribution is 2.30. The van der Waals surface area contributed by atoms with Crippen LogP contribution in [0, 0.1) is 0 Å².